The Labute approximate surface area is 202 Å². The van der Waals surface area contributed by atoms with Gasteiger partial charge in [-0.1, -0.05) is 0 Å². The van der Waals surface area contributed by atoms with Crippen LogP contribution in [-0.2, 0) is 14.6 Å². The number of benzene rings is 1. The third kappa shape index (κ3) is 6.17. The van der Waals surface area contributed by atoms with Crippen LogP contribution in [-0.4, -0.2) is 67.7 Å². The predicted molar refractivity (Wildman–Crippen MR) is 128 cm³/mol. The highest BCUT2D eigenvalue weighted by molar-refractivity contribution is 7.90. The van der Waals surface area contributed by atoms with Gasteiger partial charge < -0.3 is 24.3 Å². The Balaban J connectivity index is 1.62. The van der Waals surface area contributed by atoms with Crippen molar-refractivity contribution in [3.8, 4) is 28.5 Å². The summed E-state index contributed by atoms with van der Waals surface area (Å²) in [5.74, 6) is 1.60. The number of aliphatic hydroxyl groups is 1. The van der Waals surface area contributed by atoms with Crippen molar-refractivity contribution in [2.24, 2.45) is 4.99 Å². The van der Waals surface area contributed by atoms with Gasteiger partial charge in [-0.2, -0.15) is 0 Å². The summed E-state index contributed by atoms with van der Waals surface area (Å²) >= 11 is 0. The fourth-order valence-corrected chi connectivity index (χ4v) is 4.01. The van der Waals surface area contributed by atoms with Crippen LogP contribution in [0.15, 0.2) is 58.7 Å². The molecule has 0 radical (unpaired) electrons. The minimum Gasteiger partial charge on any atom is -0.488 e. The van der Waals surface area contributed by atoms with Gasteiger partial charge in [0.25, 0.3) is 0 Å². The van der Waals surface area contributed by atoms with Crippen molar-refractivity contribution in [2.75, 3.05) is 26.1 Å². The van der Waals surface area contributed by atoms with E-state index in [4.69, 9.17) is 19.3 Å². The van der Waals surface area contributed by atoms with Gasteiger partial charge in [0.05, 0.1) is 12.2 Å². The van der Waals surface area contributed by atoms with Gasteiger partial charge in [-0.05, 0) is 49.7 Å². The highest BCUT2D eigenvalue weighted by atomic mass is 32.2. The number of H-pyrrole nitrogens is 1. The molecule has 1 aliphatic heterocycles. The molecule has 0 saturated carbocycles. The van der Waals surface area contributed by atoms with E-state index in [0.29, 0.717) is 47.4 Å². The summed E-state index contributed by atoms with van der Waals surface area (Å²) < 4.78 is 53.6. The smallest absolute Gasteiger partial charge is 0.233 e. The van der Waals surface area contributed by atoms with E-state index in [9.17, 15) is 12.8 Å². The molecule has 0 spiro atoms. The molecule has 4 rings (SSSR count). The maximum absolute atomic E-state index is 13.1. The van der Waals surface area contributed by atoms with Crippen LogP contribution in [0.1, 0.15) is 19.0 Å². The Hall–Kier alpha value is -3.44. The van der Waals surface area contributed by atoms with Gasteiger partial charge in [0.15, 0.2) is 14.9 Å². The number of aromatic nitrogens is 2. The van der Waals surface area contributed by atoms with Gasteiger partial charge in [-0.15, -0.1) is 0 Å². The van der Waals surface area contributed by atoms with Crippen molar-refractivity contribution in [1.29, 1.82) is 0 Å². The highest BCUT2D eigenvalue weighted by Gasteiger charge is 2.21. The fourth-order valence-electron chi connectivity index (χ4n) is 3.45. The van der Waals surface area contributed by atoms with E-state index < -0.39 is 22.6 Å². The first-order valence-corrected chi connectivity index (χ1v) is 12.9. The first kappa shape index (κ1) is 24.7. The Kier molecular flexibility index (Phi) is 7.37. The molecule has 1 aliphatic rings. The van der Waals surface area contributed by atoms with E-state index in [1.807, 2.05) is 12.1 Å². The molecule has 11 heteroatoms. The number of nitrogens with one attached hydrogen (secondary N) is 1. The summed E-state index contributed by atoms with van der Waals surface area (Å²) in [5, 5.41) is 9.05. The SMILES string of the molecule is C[C@@H](CF)Oc1cc(Oc2ccc(S(C)(=O)=O)nc2)cc(-c2ccc(C3=NC(CCO)CO3)[nH]2)c1. The van der Waals surface area contributed by atoms with E-state index in [-0.39, 0.29) is 17.7 Å². The Morgan fingerprint density at radius 1 is 1.17 bits per heavy atom. The van der Waals surface area contributed by atoms with Crippen molar-refractivity contribution < 1.29 is 32.1 Å². The summed E-state index contributed by atoms with van der Waals surface area (Å²) in [7, 11) is -3.43. The molecular formula is C24H26FN3O6S. The van der Waals surface area contributed by atoms with Crippen molar-refractivity contribution in [1.82, 2.24) is 9.97 Å². The van der Waals surface area contributed by atoms with Gasteiger partial charge in [0.1, 0.15) is 42.3 Å². The van der Waals surface area contributed by atoms with Crippen LogP contribution >= 0.6 is 0 Å². The number of sulfone groups is 1. The monoisotopic (exact) mass is 503 g/mol. The first-order chi connectivity index (χ1) is 16.7. The van der Waals surface area contributed by atoms with Crippen LogP contribution in [0, 0.1) is 0 Å². The lowest BCUT2D eigenvalue weighted by atomic mass is 10.1. The summed E-state index contributed by atoms with van der Waals surface area (Å²) in [6.45, 7) is 1.42. The molecule has 186 valence electrons. The zero-order chi connectivity index (χ0) is 25.0. The summed E-state index contributed by atoms with van der Waals surface area (Å²) in [5.41, 5.74) is 2.12. The summed E-state index contributed by atoms with van der Waals surface area (Å²) in [6.07, 6.45) is 2.27. The Morgan fingerprint density at radius 2 is 1.94 bits per heavy atom. The van der Waals surface area contributed by atoms with Crippen molar-refractivity contribution in [3.63, 3.8) is 0 Å². The minimum atomic E-state index is -3.43. The average Bonchev–Trinajstić information content (AvgIpc) is 3.49. The van der Waals surface area contributed by atoms with E-state index in [1.165, 1.54) is 18.3 Å². The van der Waals surface area contributed by atoms with Gasteiger partial charge in [0, 0.05) is 30.2 Å². The Bertz CT molecular complexity index is 1310. The molecule has 2 N–H and O–H groups in total. The maximum Gasteiger partial charge on any atom is 0.233 e. The molecule has 35 heavy (non-hydrogen) atoms. The number of aliphatic hydroxyl groups excluding tert-OH is 1. The molecule has 3 heterocycles. The molecule has 1 unspecified atom stereocenters. The molecule has 0 amide bonds. The van der Waals surface area contributed by atoms with E-state index in [1.54, 1.807) is 25.1 Å². The second-order valence-corrected chi connectivity index (χ2v) is 10.1. The van der Waals surface area contributed by atoms with Crippen LogP contribution in [0.5, 0.6) is 17.2 Å². The number of hydrogen-bond donors (Lipinski definition) is 2. The second-order valence-electron chi connectivity index (χ2n) is 8.18. The standard InChI is InChI=1S/C24H26FN3O6S/c1-15(12-25)33-19-9-16(21-4-5-22(28-21)24-27-17(7-8-29)14-32-24)10-20(11-19)34-18-3-6-23(26-13-18)35(2,30)31/h3-6,9-11,13,15,17,28-29H,7-8,12,14H2,1-2H3/t15-,17?/m0/s1. The topological polar surface area (TPSA) is 123 Å². The molecular weight excluding hydrogens is 477 g/mol. The largest absolute Gasteiger partial charge is 0.488 e. The van der Waals surface area contributed by atoms with Crippen molar-refractivity contribution >= 4 is 15.7 Å². The minimum absolute atomic E-state index is 0.0418. The second kappa shape index (κ2) is 10.4. The number of alkyl halides is 1. The lowest BCUT2D eigenvalue weighted by Gasteiger charge is -2.14. The molecule has 0 saturated heterocycles. The van der Waals surface area contributed by atoms with Crippen LogP contribution in [0.3, 0.4) is 0 Å². The highest BCUT2D eigenvalue weighted by Crippen LogP contribution is 2.33. The third-order valence-corrected chi connectivity index (χ3v) is 6.16. The lowest BCUT2D eigenvalue weighted by Crippen LogP contribution is -2.13. The zero-order valence-corrected chi connectivity index (χ0v) is 20.1. The van der Waals surface area contributed by atoms with E-state index >= 15 is 0 Å². The van der Waals surface area contributed by atoms with Crippen LogP contribution in [0.4, 0.5) is 4.39 Å². The van der Waals surface area contributed by atoms with Crippen LogP contribution in [0.25, 0.3) is 11.3 Å². The molecule has 0 aliphatic carbocycles. The van der Waals surface area contributed by atoms with Crippen molar-refractivity contribution in [3.05, 3.63) is 54.4 Å². The summed E-state index contributed by atoms with van der Waals surface area (Å²) in [4.78, 5) is 11.7. The van der Waals surface area contributed by atoms with Crippen LogP contribution in [0.2, 0.25) is 0 Å². The van der Waals surface area contributed by atoms with Gasteiger partial charge in [-0.25, -0.2) is 22.8 Å². The number of rotatable bonds is 10. The predicted octanol–water partition coefficient (Wildman–Crippen LogP) is 3.54. The Morgan fingerprint density at radius 3 is 2.63 bits per heavy atom. The first-order valence-electron chi connectivity index (χ1n) is 11.0. The number of pyridine rings is 1. The lowest BCUT2D eigenvalue weighted by molar-refractivity contribution is 0.182. The maximum atomic E-state index is 13.1. The number of aromatic amines is 1. The number of ether oxygens (including phenoxy) is 3. The molecule has 3 aromatic rings. The fraction of sp³-hybridized carbons (Fsp3) is 0.333. The molecule has 9 nitrogen and oxygen atoms in total. The van der Waals surface area contributed by atoms with Crippen molar-refractivity contribution in [2.45, 2.75) is 30.5 Å². The normalized spacial score (nSPS) is 16.5. The van der Waals surface area contributed by atoms with Crippen LogP contribution < -0.4 is 9.47 Å². The van der Waals surface area contributed by atoms with E-state index in [2.05, 4.69) is 15.0 Å². The van der Waals surface area contributed by atoms with Gasteiger partial charge in [-0.3, -0.25) is 0 Å². The summed E-state index contributed by atoms with van der Waals surface area (Å²) in [6, 6.07) is 11.6. The molecule has 2 atom stereocenters. The quantitative estimate of drug-likeness (QED) is 0.434. The number of hydrogen-bond acceptors (Lipinski definition) is 8. The zero-order valence-electron chi connectivity index (χ0n) is 19.3. The molecule has 0 bridgehead atoms. The molecule has 2 aromatic heterocycles. The number of aliphatic imine (C=N–C) groups is 1. The van der Waals surface area contributed by atoms with E-state index in [0.717, 1.165) is 11.9 Å². The molecule has 1 aromatic carbocycles. The number of nitrogens with zero attached hydrogens (tertiary/aromatic N) is 2. The molecule has 0 fully saturated rings. The third-order valence-electron chi connectivity index (χ3n) is 5.16. The number of halogens is 1. The van der Waals surface area contributed by atoms with Gasteiger partial charge in [0.2, 0.25) is 5.90 Å². The van der Waals surface area contributed by atoms with Gasteiger partial charge >= 0.3 is 0 Å². The average molecular weight is 504 g/mol.